The van der Waals surface area contributed by atoms with Crippen molar-refractivity contribution in [1.29, 1.82) is 0 Å². The van der Waals surface area contributed by atoms with E-state index in [1.165, 1.54) is 0 Å². The highest BCUT2D eigenvalue weighted by molar-refractivity contribution is 5.76. The minimum Gasteiger partial charge on any atom is -0.375 e. The van der Waals surface area contributed by atoms with Gasteiger partial charge in [-0.1, -0.05) is 13.0 Å². The van der Waals surface area contributed by atoms with Crippen LogP contribution in [0.15, 0.2) is 24.5 Å². The second kappa shape index (κ2) is 7.97. The third-order valence-electron chi connectivity index (χ3n) is 3.35. The number of carbonyl (C=O) groups is 1. The zero-order chi connectivity index (χ0) is 14.2. The molecule has 1 fully saturated rings. The van der Waals surface area contributed by atoms with E-state index in [1.807, 2.05) is 23.2 Å². The smallest absolute Gasteiger partial charge is 0.225 e. The molecule has 1 aromatic heterocycles. The summed E-state index contributed by atoms with van der Waals surface area (Å²) in [5.74, 6) is 0.157. The van der Waals surface area contributed by atoms with Crippen molar-refractivity contribution >= 4 is 5.91 Å². The molecular formula is C15H23N3O2. The summed E-state index contributed by atoms with van der Waals surface area (Å²) in [6.07, 6.45) is 4.97. The fourth-order valence-electron chi connectivity index (χ4n) is 2.35. The molecule has 2 rings (SSSR count). The van der Waals surface area contributed by atoms with Gasteiger partial charge in [-0.15, -0.1) is 0 Å². The van der Waals surface area contributed by atoms with Crippen LogP contribution >= 0.6 is 0 Å². The van der Waals surface area contributed by atoms with E-state index in [0.29, 0.717) is 19.6 Å². The van der Waals surface area contributed by atoms with Gasteiger partial charge in [0, 0.05) is 38.6 Å². The predicted octanol–water partition coefficient (Wildman–Crippen LogP) is 1.20. The highest BCUT2D eigenvalue weighted by Gasteiger charge is 2.21. The summed E-state index contributed by atoms with van der Waals surface area (Å²) in [5.41, 5.74) is 1.07. The second-order valence-electron chi connectivity index (χ2n) is 5.08. The lowest BCUT2D eigenvalue weighted by atomic mass is 10.2. The van der Waals surface area contributed by atoms with Crippen LogP contribution in [-0.2, 0) is 16.1 Å². The number of amides is 1. The van der Waals surface area contributed by atoms with Crippen molar-refractivity contribution < 1.29 is 9.53 Å². The van der Waals surface area contributed by atoms with Gasteiger partial charge in [0.2, 0.25) is 5.91 Å². The van der Waals surface area contributed by atoms with Gasteiger partial charge < -0.3 is 15.0 Å². The van der Waals surface area contributed by atoms with Crippen LogP contribution in [0.2, 0.25) is 0 Å². The maximum atomic E-state index is 12.4. The molecule has 1 N–H and O–H groups in total. The molecule has 5 nitrogen and oxygen atoms in total. The quantitative estimate of drug-likeness (QED) is 0.849. The van der Waals surface area contributed by atoms with E-state index in [9.17, 15) is 4.79 Å². The molecule has 0 aromatic carbocycles. The van der Waals surface area contributed by atoms with Crippen LogP contribution in [0.1, 0.15) is 25.3 Å². The Bertz CT molecular complexity index is 405. The van der Waals surface area contributed by atoms with Crippen LogP contribution in [0.4, 0.5) is 0 Å². The van der Waals surface area contributed by atoms with Crippen LogP contribution in [0.5, 0.6) is 0 Å². The molecule has 0 radical (unpaired) electrons. The van der Waals surface area contributed by atoms with Gasteiger partial charge >= 0.3 is 0 Å². The molecule has 0 aliphatic carbocycles. The molecule has 1 amide bonds. The predicted molar refractivity (Wildman–Crippen MR) is 77.2 cm³/mol. The number of nitrogens with one attached hydrogen (secondary N) is 1. The maximum Gasteiger partial charge on any atom is 0.225 e. The molecule has 110 valence electrons. The molecule has 0 saturated carbocycles. The maximum absolute atomic E-state index is 12.4. The largest absolute Gasteiger partial charge is 0.375 e. The molecule has 1 aliphatic rings. The molecule has 1 aliphatic heterocycles. The number of ether oxygens (including phenoxy) is 1. The zero-order valence-electron chi connectivity index (χ0n) is 12.0. The van der Waals surface area contributed by atoms with E-state index in [1.54, 1.807) is 6.20 Å². The van der Waals surface area contributed by atoms with Gasteiger partial charge in [-0.3, -0.25) is 9.78 Å². The lowest BCUT2D eigenvalue weighted by Gasteiger charge is -2.27. The van der Waals surface area contributed by atoms with Crippen molar-refractivity contribution in [3.8, 4) is 0 Å². The number of hydrogen-bond donors (Lipinski definition) is 1. The van der Waals surface area contributed by atoms with Gasteiger partial charge in [0.1, 0.15) is 0 Å². The standard InChI is InChI=1S/C15H23N3O2/c1-2-7-18(12-13-4-3-5-16-10-13)15(19)9-14-11-17-6-8-20-14/h3-5,10,14,17H,2,6-9,11-12H2,1H3/t14-/m1/s1. The third kappa shape index (κ3) is 4.58. The van der Waals surface area contributed by atoms with Gasteiger partial charge in [0.05, 0.1) is 19.1 Å². The Morgan fingerprint density at radius 2 is 2.50 bits per heavy atom. The van der Waals surface area contributed by atoms with Crippen molar-refractivity contribution in [2.24, 2.45) is 0 Å². The average molecular weight is 277 g/mol. The first-order valence-corrected chi connectivity index (χ1v) is 7.28. The molecule has 0 unspecified atom stereocenters. The van der Waals surface area contributed by atoms with Crippen molar-refractivity contribution in [2.75, 3.05) is 26.2 Å². The average Bonchev–Trinajstić information content (AvgIpc) is 2.49. The Hall–Kier alpha value is -1.46. The van der Waals surface area contributed by atoms with E-state index in [-0.39, 0.29) is 12.0 Å². The summed E-state index contributed by atoms with van der Waals surface area (Å²) in [6.45, 7) is 5.81. The first-order valence-electron chi connectivity index (χ1n) is 7.28. The number of pyridine rings is 1. The van der Waals surface area contributed by atoms with Gasteiger partial charge in [-0.05, 0) is 18.1 Å². The number of nitrogens with zero attached hydrogens (tertiary/aromatic N) is 2. The minimum absolute atomic E-state index is 0.00417. The fourth-order valence-corrected chi connectivity index (χ4v) is 2.35. The fraction of sp³-hybridized carbons (Fsp3) is 0.600. The Balaban J connectivity index is 1.91. The van der Waals surface area contributed by atoms with E-state index >= 15 is 0 Å². The molecule has 1 atom stereocenters. The second-order valence-corrected chi connectivity index (χ2v) is 5.08. The Morgan fingerprint density at radius 3 is 3.15 bits per heavy atom. The molecule has 20 heavy (non-hydrogen) atoms. The number of aromatic nitrogens is 1. The zero-order valence-corrected chi connectivity index (χ0v) is 12.0. The number of hydrogen-bond acceptors (Lipinski definition) is 4. The van der Waals surface area contributed by atoms with Crippen LogP contribution in [0.25, 0.3) is 0 Å². The Labute approximate surface area is 120 Å². The molecule has 1 aromatic rings. The number of carbonyl (C=O) groups excluding carboxylic acids is 1. The minimum atomic E-state index is 0.00417. The highest BCUT2D eigenvalue weighted by atomic mass is 16.5. The van der Waals surface area contributed by atoms with Crippen LogP contribution in [0.3, 0.4) is 0 Å². The normalized spacial score (nSPS) is 18.8. The summed E-state index contributed by atoms with van der Waals surface area (Å²) >= 11 is 0. The summed E-state index contributed by atoms with van der Waals surface area (Å²) < 4.78 is 5.60. The van der Waals surface area contributed by atoms with Gasteiger partial charge in [0.15, 0.2) is 0 Å². The monoisotopic (exact) mass is 277 g/mol. The van der Waals surface area contributed by atoms with Crippen molar-refractivity contribution in [3.63, 3.8) is 0 Å². The lowest BCUT2D eigenvalue weighted by molar-refractivity contribution is -0.135. The van der Waals surface area contributed by atoms with E-state index in [2.05, 4.69) is 17.2 Å². The summed E-state index contributed by atoms with van der Waals surface area (Å²) in [5, 5.41) is 3.26. The van der Waals surface area contributed by atoms with Crippen LogP contribution in [-0.4, -0.2) is 48.1 Å². The first kappa shape index (κ1) is 14.9. The number of rotatable bonds is 6. The topological polar surface area (TPSA) is 54.5 Å². The third-order valence-corrected chi connectivity index (χ3v) is 3.35. The Morgan fingerprint density at radius 1 is 1.60 bits per heavy atom. The molecule has 0 spiro atoms. The van der Waals surface area contributed by atoms with Crippen LogP contribution in [0, 0.1) is 0 Å². The van der Waals surface area contributed by atoms with Gasteiger partial charge in [-0.2, -0.15) is 0 Å². The Kier molecular flexibility index (Phi) is 5.95. The van der Waals surface area contributed by atoms with Crippen molar-refractivity contribution in [2.45, 2.75) is 32.4 Å². The van der Waals surface area contributed by atoms with Gasteiger partial charge in [-0.25, -0.2) is 0 Å². The van der Waals surface area contributed by atoms with Gasteiger partial charge in [0.25, 0.3) is 0 Å². The molecule has 2 heterocycles. The SMILES string of the molecule is CCCN(Cc1cccnc1)C(=O)C[C@@H]1CNCCO1. The first-order chi connectivity index (χ1) is 9.79. The lowest BCUT2D eigenvalue weighted by Crippen LogP contribution is -2.42. The molecule has 1 saturated heterocycles. The molecular weight excluding hydrogens is 254 g/mol. The summed E-state index contributed by atoms with van der Waals surface area (Å²) in [4.78, 5) is 18.4. The van der Waals surface area contributed by atoms with Crippen LogP contribution < -0.4 is 5.32 Å². The summed E-state index contributed by atoms with van der Waals surface area (Å²) in [7, 11) is 0. The van der Waals surface area contributed by atoms with E-state index in [0.717, 1.165) is 31.6 Å². The van der Waals surface area contributed by atoms with E-state index < -0.39 is 0 Å². The van der Waals surface area contributed by atoms with Crippen molar-refractivity contribution in [3.05, 3.63) is 30.1 Å². The number of morpholine rings is 1. The van der Waals surface area contributed by atoms with E-state index in [4.69, 9.17) is 4.74 Å². The van der Waals surface area contributed by atoms with Crippen molar-refractivity contribution in [1.82, 2.24) is 15.2 Å². The summed E-state index contributed by atoms with van der Waals surface area (Å²) in [6, 6.07) is 3.90. The molecule has 5 heteroatoms. The highest BCUT2D eigenvalue weighted by Crippen LogP contribution is 2.09. The molecule has 0 bridgehead atoms.